The zero-order chi connectivity index (χ0) is 30.8. The standard InChI is InChI=1S/C32H42N6O5/c1-23-27(9-12-29(35-23)38-20-25(19-34-38)22-41-4)21-37(30-18-24(14-15-33-30)6-13-31(39)42-5)32(40)26-7-10-28(11-8-26)43-17-16-36(2)3/h6,9,12-15,18-20,26,28H,7-8,10-11,16-17,21-22H2,1-5H3/b13-6+. The van der Waals surface area contributed by atoms with Crippen LogP contribution in [0.1, 0.15) is 48.1 Å². The van der Waals surface area contributed by atoms with Crippen molar-refractivity contribution in [2.75, 3.05) is 46.4 Å². The molecular formula is C32H42N6O5. The summed E-state index contributed by atoms with van der Waals surface area (Å²) in [6.45, 7) is 4.27. The molecule has 0 aliphatic heterocycles. The topological polar surface area (TPSA) is 112 Å². The molecule has 3 aromatic heterocycles. The molecule has 0 spiro atoms. The second-order valence-electron chi connectivity index (χ2n) is 11.0. The van der Waals surface area contributed by atoms with Crippen molar-refractivity contribution in [2.45, 2.75) is 51.9 Å². The van der Waals surface area contributed by atoms with Crippen LogP contribution in [0.5, 0.6) is 0 Å². The lowest BCUT2D eigenvalue weighted by Gasteiger charge is -2.32. The Bertz CT molecular complexity index is 1400. The normalized spacial score (nSPS) is 17.0. The number of carbonyl (C=O) groups excluding carboxylic acids is 2. The maximum absolute atomic E-state index is 14.1. The van der Waals surface area contributed by atoms with Gasteiger partial charge in [0.05, 0.1) is 39.2 Å². The number of carbonyl (C=O) groups is 2. The number of methoxy groups -OCH3 is 2. The van der Waals surface area contributed by atoms with Crippen molar-refractivity contribution >= 4 is 23.8 Å². The summed E-state index contributed by atoms with van der Waals surface area (Å²) in [5.41, 5.74) is 3.38. The Morgan fingerprint density at radius 3 is 2.60 bits per heavy atom. The van der Waals surface area contributed by atoms with Gasteiger partial charge in [0.25, 0.3) is 0 Å². The van der Waals surface area contributed by atoms with E-state index in [0.717, 1.165) is 54.6 Å². The van der Waals surface area contributed by atoms with Gasteiger partial charge in [-0.2, -0.15) is 5.10 Å². The summed E-state index contributed by atoms with van der Waals surface area (Å²) in [5, 5.41) is 4.40. The van der Waals surface area contributed by atoms with Gasteiger partial charge in [0.2, 0.25) is 5.91 Å². The van der Waals surface area contributed by atoms with Gasteiger partial charge in [0, 0.05) is 49.3 Å². The van der Waals surface area contributed by atoms with Crippen LogP contribution in [0.15, 0.2) is 48.9 Å². The highest BCUT2D eigenvalue weighted by Crippen LogP contribution is 2.30. The van der Waals surface area contributed by atoms with Gasteiger partial charge in [-0.1, -0.05) is 6.07 Å². The van der Waals surface area contributed by atoms with Crippen LogP contribution in [0.25, 0.3) is 11.9 Å². The zero-order valence-electron chi connectivity index (χ0n) is 25.7. The molecule has 11 nitrogen and oxygen atoms in total. The fraction of sp³-hybridized carbons (Fsp3) is 0.469. The minimum atomic E-state index is -0.454. The number of aromatic nitrogens is 4. The molecule has 3 aromatic rings. The van der Waals surface area contributed by atoms with Crippen molar-refractivity contribution in [3.63, 3.8) is 0 Å². The average Bonchev–Trinajstić information content (AvgIpc) is 3.48. The van der Waals surface area contributed by atoms with Crippen LogP contribution >= 0.6 is 0 Å². The number of amides is 1. The van der Waals surface area contributed by atoms with E-state index in [1.165, 1.54) is 13.2 Å². The number of nitrogens with zero attached hydrogens (tertiary/aromatic N) is 6. The van der Waals surface area contributed by atoms with Crippen LogP contribution in [-0.4, -0.2) is 84.1 Å². The summed E-state index contributed by atoms with van der Waals surface area (Å²) in [5.74, 6) is 0.626. The molecule has 1 fully saturated rings. The van der Waals surface area contributed by atoms with Crippen LogP contribution in [0.3, 0.4) is 0 Å². The van der Waals surface area contributed by atoms with E-state index in [0.29, 0.717) is 31.4 Å². The van der Waals surface area contributed by atoms with Gasteiger partial charge >= 0.3 is 5.97 Å². The predicted octanol–water partition coefficient (Wildman–Crippen LogP) is 3.97. The van der Waals surface area contributed by atoms with E-state index in [4.69, 9.17) is 19.2 Å². The third-order valence-electron chi connectivity index (χ3n) is 7.53. The number of hydrogen-bond donors (Lipinski definition) is 0. The number of pyridine rings is 2. The first-order valence-electron chi connectivity index (χ1n) is 14.6. The lowest BCUT2D eigenvalue weighted by atomic mass is 9.86. The van der Waals surface area contributed by atoms with Crippen molar-refractivity contribution in [1.29, 1.82) is 0 Å². The summed E-state index contributed by atoms with van der Waals surface area (Å²) in [6.07, 6.45) is 11.7. The highest BCUT2D eigenvalue weighted by Gasteiger charge is 2.31. The summed E-state index contributed by atoms with van der Waals surface area (Å²) < 4.78 is 17.7. The van der Waals surface area contributed by atoms with E-state index in [1.54, 1.807) is 41.2 Å². The molecule has 0 aromatic carbocycles. The van der Waals surface area contributed by atoms with Gasteiger partial charge in [-0.15, -0.1) is 0 Å². The number of anilines is 1. The zero-order valence-corrected chi connectivity index (χ0v) is 25.7. The molecule has 230 valence electrons. The Morgan fingerprint density at radius 1 is 1.12 bits per heavy atom. The van der Waals surface area contributed by atoms with Crippen LogP contribution in [0.4, 0.5) is 5.82 Å². The third kappa shape index (κ3) is 9.03. The number of likely N-dealkylation sites (N-methyl/N-ethyl adjacent to an activating group) is 1. The molecule has 43 heavy (non-hydrogen) atoms. The van der Waals surface area contributed by atoms with Crippen LogP contribution in [0, 0.1) is 12.8 Å². The van der Waals surface area contributed by atoms with Crippen molar-refractivity contribution in [2.24, 2.45) is 5.92 Å². The molecule has 0 saturated heterocycles. The van der Waals surface area contributed by atoms with Crippen LogP contribution in [0.2, 0.25) is 0 Å². The van der Waals surface area contributed by atoms with E-state index in [9.17, 15) is 9.59 Å². The largest absolute Gasteiger partial charge is 0.466 e. The molecule has 1 aliphatic carbocycles. The smallest absolute Gasteiger partial charge is 0.330 e. The lowest BCUT2D eigenvalue weighted by Crippen LogP contribution is -2.39. The average molecular weight is 591 g/mol. The fourth-order valence-corrected chi connectivity index (χ4v) is 5.06. The van der Waals surface area contributed by atoms with Crippen molar-refractivity contribution in [3.05, 3.63) is 71.3 Å². The highest BCUT2D eigenvalue weighted by atomic mass is 16.5. The number of aryl methyl sites for hydroxylation is 1. The lowest BCUT2D eigenvalue weighted by molar-refractivity contribution is -0.134. The second-order valence-corrected chi connectivity index (χ2v) is 11.0. The van der Waals surface area contributed by atoms with E-state index in [2.05, 4.69) is 15.0 Å². The molecule has 1 saturated carbocycles. The summed E-state index contributed by atoms with van der Waals surface area (Å²) in [6, 6.07) is 7.47. The first-order valence-corrected chi connectivity index (χ1v) is 14.6. The predicted molar refractivity (Wildman–Crippen MR) is 164 cm³/mol. The van der Waals surface area contributed by atoms with Gasteiger partial charge in [-0.05, 0) is 82.1 Å². The monoisotopic (exact) mass is 590 g/mol. The Balaban J connectivity index is 1.55. The molecule has 0 radical (unpaired) electrons. The maximum Gasteiger partial charge on any atom is 0.330 e. The third-order valence-corrected chi connectivity index (χ3v) is 7.53. The molecule has 0 bridgehead atoms. The van der Waals surface area contributed by atoms with E-state index in [1.807, 2.05) is 45.4 Å². The quantitative estimate of drug-likeness (QED) is 0.216. The summed E-state index contributed by atoms with van der Waals surface area (Å²) in [4.78, 5) is 39.0. The Kier molecular flexibility index (Phi) is 11.5. The molecule has 3 heterocycles. The number of hydrogen-bond acceptors (Lipinski definition) is 9. The first-order chi connectivity index (χ1) is 20.8. The van der Waals surface area contributed by atoms with E-state index >= 15 is 0 Å². The Hall–Kier alpha value is -3.93. The van der Waals surface area contributed by atoms with Gasteiger partial charge < -0.3 is 19.1 Å². The van der Waals surface area contributed by atoms with Gasteiger partial charge in [-0.25, -0.2) is 19.4 Å². The molecule has 1 aliphatic rings. The van der Waals surface area contributed by atoms with E-state index < -0.39 is 5.97 Å². The molecule has 0 N–H and O–H groups in total. The first kappa shape index (κ1) is 32.0. The van der Waals surface area contributed by atoms with Crippen LogP contribution in [-0.2, 0) is 37.0 Å². The fourth-order valence-electron chi connectivity index (χ4n) is 5.06. The van der Waals surface area contributed by atoms with Gasteiger partial charge in [0.1, 0.15) is 5.82 Å². The van der Waals surface area contributed by atoms with E-state index in [-0.39, 0.29) is 17.9 Å². The maximum atomic E-state index is 14.1. The molecule has 4 rings (SSSR count). The van der Waals surface area contributed by atoms with Crippen molar-refractivity contribution in [1.82, 2.24) is 24.6 Å². The van der Waals surface area contributed by atoms with Crippen molar-refractivity contribution in [3.8, 4) is 5.82 Å². The van der Waals surface area contributed by atoms with Crippen LogP contribution < -0.4 is 4.90 Å². The minimum absolute atomic E-state index is 0.0214. The molecule has 0 unspecified atom stereocenters. The van der Waals surface area contributed by atoms with Crippen molar-refractivity contribution < 1.29 is 23.8 Å². The molecule has 0 atom stereocenters. The number of rotatable bonds is 13. The number of esters is 1. The minimum Gasteiger partial charge on any atom is -0.466 e. The summed E-state index contributed by atoms with van der Waals surface area (Å²) in [7, 11) is 7.04. The molecule has 11 heteroatoms. The van der Waals surface area contributed by atoms with Gasteiger partial charge in [0.15, 0.2) is 5.82 Å². The number of ether oxygens (including phenoxy) is 3. The Labute approximate surface area is 253 Å². The molecular weight excluding hydrogens is 548 g/mol. The molecule has 1 amide bonds. The highest BCUT2D eigenvalue weighted by molar-refractivity contribution is 5.94. The second kappa shape index (κ2) is 15.5. The Morgan fingerprint density at radius 2 is 1.91 bits per heavy atom. The SMILES string of the molecule is COCc1cnn(-c2ccc(CN(C(=O)C3CCC(OCCN(C)C)CC3)c3cc(/C=C/C(=O)OC)ccn3)c(C)n2)c1. The summed E-state index contributed by atoms with van der Waals surface area (Å²) >= 11 is 0. The van der Waals surface area contributed by atoms with Gasteiger partial charge in [-0.3, -0.25) is 9.69 Å².